The van der Waals surface area contributed by atoms with Crippen molar-refractivity contribution in [1.82, 2.24) is 10.3 Å². The second-order valence-corrected chi connectivity index (χ2v) is 10.5. The van der Waals surface area contributed by atoms with Crippen LogP contribution in [0.25, 0.3) is 0 Å². The van der Waals surface area contributed by atoms with Crippen molar-refractivity contribution < 1.29 is 4.79 Å². The van der Waals surface area contributed by atoms with E-state index in [2.05, 4.69) is 81.9 Å². The summed E-state index contributed by atoms with van der Waals surface area (Å²) in [6.45, 7) is 5.06. The number of nitrogens with zero attached hydrogens (tertiary/aromatic N) is 3. The number of benzene rings is 2. The third-order valence-electron chi connectivity index (χ3n) is 7.43. The first-order valence-electron chi connectivity index (χ1n) is 12.2. The van der Waals surface area contributed by atoms with Gasteiger partial charge in [-0.1, -0.05) is 48.5 Å². The summed E-state index contributed by atoms with van der Waals surface area (Å²) in [5.41, 5.74) is 3.04. The number of thioether (sulfide) groups is 1. The van der Waals surface area contributed by atoms with E-state index in [1.165, 1.54) is 22.2 Å². The summed E-state index contributed by atoms with van der Waals surface area (Å²) in [6, 6.07) is 23.4. The van der Waals surface area contributed by atoms with Crippen molar-refractivity contribution in [1.29, 1.82) is 0 Å². The molecule has 3 aromatic rings. The Labute approximate surface area is 210 Å². The third kappa shape index (κ3) is 5.16. The van der Waals surface area contributed by atoms with E-state index < -0.39 is 5.91 Å². The molecule has 0 aliphatic carbocycles. The largest absolute Gasteiger partial charge is 0.356 e. The number of nitrogens with one attached hydrogen (secondary N) is 1. The number of nitroso groups, excluding NO2 is 1. The molecule has 5 rings (SSSR count). The van der Waals surface area contributed by atoms with E-state index >= 15 is 0 Å². The zero-order valence-corrected chi connectivity index (χ0v) is 20.7. The van der Waals surface area contributed by atoms with Gasteiger partial charge in [0.2, 0.25) is 0 Å². The minimum absolute atomic E-state index is 0.225. The van der Waals surface area contributed by atoms with E-state index in [9.17, 15) is 9.70 Å². The first kappa shape index (κ1) is 23.7. The molecule has 0 saturated carbocycles. The topological polar surface area (TPSA) is 74.7 Å². The Morgan fingerprint density at radius 3 is 2.71 bits per heavy atom. The summed E-state index contributed by atoms with van der Waals surface area (Å²) in [4.78, 5) is 30.2. The van der Waals surface area contributed by atoms with Gasteiger partial charge >= 0.3 is 5.91 Å². The standard InChI is InChI=1S/C28H30N4O2S/c1-19(25-18-35-26-10-6-5-9-23(25)26)29-15-21-13-14-32(17-24(21)20-7-3-2-4-8-20)27-12-11-22(16-30-27)28(33)31-34/h2-12,16,19,21,24-25,29H,13-15,17-18H2,1H3/t19-,21?,24?,25?/m1/s1. The predicted octanol–water partition coefficient (Wildman–Crippen LogP) is 5.47. The van der Waals surface area contributed by atoms with Crippen molar-refractivity contribution in [2.75, 3.05) is 30.3 Å². The van der Waals surface area contributed by atoms with E-state index in [0.717, 1.165) is 37.6 Å². The van der Waals surface area contributed by atoms with Gasteiger partial charge in [-0.2, -0.15) is 0 Å². The maximum absolute atomic E-state index is 11.5. The van der Waals surface area contributed by atoms with Crippen molar-refractivity contribution in [3.63, 3.8) is 0 Å². The highest BCUT2D eigenvalue weighted by atomic mass is 32.2. The number of rotatable bonds is 7. The summed E-state index contributed by atoms with van der Waals surface area (Å²) >= 11 is 1.97. The van der Waals surface area contributed by atoms with Crippen molar-refractivity contribution >= 4 is 23.5 Å². The molecule has 7 heteroatoms. The molecule has 2 aromatic carbocycles. The molecule has 3 unspecified atom stereocenters. The molecule has 2 aliphatic rings. The number of amides is 1. The van der Waals surface area contributed by atoms with Gasteiger partial charge < -0.3 is 10.2 Å². The Kier molecular flexibility index (Phi) is 7.25. The van der Waals surface area contributed by atoms with Gasteiger partial charge in [-0.05, 0) is 55.1 Å². The fourth-order valence-electron chi connectivity index (χ4n) is 5.36. The second-order valence-electron chi connectivity index (χ2n) is 9.47. The average Bonchev–Trinajstić information content (AvgIpc) is 3.36. The van der Waals surface area contributed by atoms with Crippen molar-refractivity contribution in [2.24, 2.45) is 11.1 Å². The fourth-order valence-corrected chi connectivity index (χ4v) is 6.75. The molecule has 1 fully saturated rings. The molecule has 35 heavy (non-hydrogen) atoms. The molecule has 1 N–H and O–H groups in total. The number of carbonyl (C=O) groups is 1. The van der Waals surface area contributed by atoms with Crippen LogP contribution in [0.2, 0.25) is 0 Å². The van der Waals surface area contributed by atoms with Gasteiger partial charge in [-0.15, -0.1) is 16.7 Å². The van der Waals surface area contributed by atoms with Crippen LogP contribution in [-0.4, -0.2) is 42.3 Å². The van der Waals surface area contributed by atoms with Crippen LogP contribution in [0.5, 0.6) is 0 Å². The van der Waals surface area contributed by atoms with Gasteiger partial charge in [0.25, 0.3) is 0 Å². The SMILES string of the molecule is C[C@@H](NCC1CCN(c2ccc(C(=O)N=O)cn2)CC1c1ccccc1)C1CSc2ccccc21. The molecule has 180 valence electrons. The number of hydrogen-bond acceptors (Lipinski definition) is 6. The molecule has 1 saturated heterocycles. The van der Waals surface area contributed by atoms with Crippen LogP contribution in [0.3, 0.4) is 0 Å². The van der Waals surface area contributed by atoms with E-state index in [1.807, 2.05) is 17.8 Å². The lowest BCUT2D eigenvalue weighted by atomic mass is 9.80. The Balaban J connectivity index is 1.28. The maximum atomic E-state index is 11.5. The molecule has 0 spiro atoms. The highest BCUT2D eigenvalue weighted by molar-refractivity contribution is 7.99. The number of aromatic nitrogens is 1. The highest BCUT2D eigenvalue weighted by Gasteiger charge is 2.33. The van der Waals surface area contributed by atoms with Crippen LogP contribution in [0.4, 0.5) is 5.82 Å². The zero-order chi connectivity index (χ0) is 24.2. The average molecular weight is 487 g/mol. The summed E-state index contributed by atoms with van der Waals surface area (Å²) in [5, 5.41) is 6.38. The highest BCUT2D eigenvalue weighted by Crippen LogP contribution is 2.41. The number of fused-ring (bicyclic) bond motifs is 1. The fraction of sp³-hybridized carbons (Fsp3) is 0.357. The van der Waals surface area contributed by atoms with Crippen LogP contribution in [0, 0.1) is 10.8 Å². The maximum Gasteiger partial charge on any atom is 0.318 e. The normalized spacial score (nSPS) is 22.4. The minimum Gasteiger partial charge on any atom is -0.356 e. The molecule has 0 radical (unpaired) electrons. The molecule has 1 aromatic heterocycles. The van der Waals surface area contributed by atoms with Gasteiger partial charge in [0.1, 0.15) is 5.82 Å². The minimum atomic E-state index is -0.784. The summed E-state index contributed by atoms with van der Waals surface area (Å²) in [7, 11) is 0. The Bertz CT molecular complexity index is 1170. The van der Waals surface area contributed by atoms with Gasteiger partial charge in [0.05, 0.1) is 5.56 Å². The van der Waals surface area contributed by atoms with Crippen LogP contribution in [0.1, 0.15) is 46.7 Å². The number of carbonyl (C=O) groups excluding carboxylic acids is 1. The van der Waals surface area contributed by atoms with Gasteiger partial charge in [0, 0.05) is 53.0 Å². The predicted molar refractivity (Wildman–Crippen MR) is 141 cm³/mol. The second kappa shape index (κ2) is 10.7. The van der Waals surface area contributed by atoms with E-state index in [1.54, 1.807) is 6.07 Å². The van der Waals surface area contributed by atoms with Crippen molar-refractivity contribution in [3.05, 3.63) is 94.5 Å². The molecule has 2 aliphatic heterocycles. The number of hydrogen-bond donors (Lipinski definition) is 1. The number of anilines is 1. The Morgan fingerprint density at radius 2 is 1.94 bits per heavy atom. The first-order valence-corrected chi connectivity index (χ1v) is 13.2. The molecule has 3 heterocycles. The lowest BCUT2D eigenvalue weighted by Crippen LogP contribution is -2.45. The molecular formula is C28H30N4O2S. The quantitative estimate of drug-likeness (QED) is 0.447. The van der Waals surface area contributed by atoms with Gasteiger partial charge in [-0.25, -0.2) is 4.98 Å². The monoisotopic (exact) mass is 486 g/mol. The van der Waals surface area contributed by atoms with Crippen molar-refractivity contribution in [2.45, 2.75) is 36.1 Å². The van der Waals surface area contributed by atoms with Gasteiger partial charge in [0.15, 0.2) is 0 Å². The van der Waals surface area contributed by atoms with E-state index in [0.29, 0.717) is 23.8 Å². The summed E-state index contributed by atoms with van der Waals surface area (Å²) in [6.07, 6.45) is 2.50. The molecule has 6 nitrogen and oxygen atoms in total. The molecular weight excluding hydrogens is 456 g/mol. The first-order chi connectivity index (χ1) is 17.1. The summed E-state index contributed by atoms with van der Waals surface area (Å²) < 4.78 is 0. The van der Waals surface area contributed by atoms with Crippen LogP contribution in [0.15, 0.2) is 83.0 Å². The van der Waals surface area contributed by atoms with E-state index in [-0.39, 0.29) is 5.56 Å². The Morgan fingerprint density at radius 1 is 1.14 bits per heavy atom. The molecule has 4 atom stereocenters. The van der Waals surface area contributed by atoms with Gasteiger partial charge in [-0.3, -0.25) is 4.79 Å². The number of piperidine rings is 1. The summed E-state index contributed by atoms with van der Waals surface area (Å²) in [5.74, 6) is 2.60. The van der Waals surface area contributed by atoms with Crippen molar-refractivity contribution in [3.8, 4) is 0 Å². The van der Waals surface area contributed by atoms with Crippen LogP contribution >= 0.6 is 11.8 Å². The van der Waals surface area contributed by atoms with Crippen LogP contribution < -0.4 is 10.2 Å². The molecule has 1 amide bonds. The third-order valence-corrected chi connectivity index (χ3v) is 8.64. The smallest absolute Gasteiger partial charge is 0.318 e. The zero-order valence-electron chi connectivity index (χ0n) is 19.8. The van der Waals surface area contributed by atoms with E-state index in [4.69, 9.17) is 0 Å². The number of pyridine rings is 1. The van der Waals surface area contributed by atoms with Crippen LogP contribution in [-0.2, 0) is 0 Å². The molecule has 0 bridgehead atoms. The Hall–Kier alpha value is -3.03. The lowest BCUT2D eigenvalue weighted by molar-refractivity contribution is 0.100. The lowest BCUT2D eigenvalue weighted by Gasteiger charge is -2.40.